The van der Waals surface area contributed by atoms with E-state index >= 15 is 0 Å². The second kappa shape index (κ2) is 5.20. The van der Waals surface area contributed by atoms with E-state index in [9.17, 15) is 4.79 Å². The van der Waals surface area contributed by atoms with Gasteiger partial charge in [-0.25, -0.2) is 0 Å². The van der Waals surface area contributed by atoms with Crippen molar-refractivity contribution in [3.05, 3.63) is 59.9 Å². The molecule has 0 radical (unpaired) electrons. The number of fused-ring (bicyclic) bond motifs is 1. The molecule has 3 rings (SSSR count). The minimum absolute atomic E-state index is 0.00394. The number of anilines is 1. The van der Waals surface area contributed by atoms with E-state index in [1.807, 2.05) is 23.1 Å². The molecule has 1 aromatic heterocycles. The summed E-state index contributed by atoms with van der Waals surface area (Å²) in [5.74, 6) is 0.00394. The predicted octanol–water partition coefficient (Wildman–Crippen LogP) is 1.83. The Bertz CT molecular complexity index is 583. The summed E-state index contributed by atoms with van der Waals surface area (Å²) in [6, 6.07) is 11.6. The zero-order valence-corrected chi connectivity index (χ0v) is 10.5. The van der Waals surface area contributed by atoms with E-state index in [1.54, 1.807) is 24.5 Å². The van der Waals surface area contributed by atoms with E-state index in [4.69, 9.17) is 0 Å². The lowest BCUT2D eigenvalue weighted by molar-refractivity contribution is 0.0987. The minimum Gasteiger partial charge on any atom is -0.311 e. The van der Waals surface area contributed by atoms with Gasteiger partial charge < -0.3 is 10.2 Å². The molecule has 0 saturated heterocycles. The van der Waals surface area contributed by atoms with Crippen molar-refractivity contribution in [2.75, 3.05) is 18.0 Å². The number of hydrogen-bond donors (Lipinski definition) is 1. The molecule has 1 N–H and O–H groups in total. The highest BCUT2D eigenvalue weighted by Crippen LogP contribution is 2.23. The first-order chi connectivity index (χ1) is 9.36. The van der Waals surface area contributed by atoms with Gasteiger partial charge in [-0.3, -0.25) is 9.78 Å². The number of nitrogens with one attached hydrogen (secondary N) is 1. The van der Waals surface area contributed by atoms with Gasteiger partial charge in [0.25, 0.3) is 5.91 Å². The normalized spacial score (nSPS) is 14.6. The number of carbonyl (C=O) groups excluding carboxylic acids is 1. The summed E-state index contributed by atoms with van der Waals surface area (Å²) in [5, 5.41) is 3.33. The van der Waals surface area contributed by atoms with Crippen molar-refractivity contribution >= 4 is 11.6 Å². The van der Waals surface area contributed by atoms with Crippen molar-refractivity contribution < 1.29 is 4.79 Å². The number of hydrogen-bond acceptors (Lipinski definition) is 3. The molecular formula is C15H15N3O. The lowest BCUT2D eigenvalue weighted by Crippen LogP contribution is -2.34. The fraction of sp³-hybridized carbons (Fsp3) is 0.200. The van der Waals surface area contributed by atoms with Crippen molar-refractivity contribution in [1.82, 2.24) is 10.3 Å². The van der Waals surface area contributed by atoms with Gasteiger partial charge in [0.15, 0.2) is 0 Å². The number of pyridine rings is 1. The Morgan fingerprint density at radius 3 is 2.95 bits per heavy atom. The van der Waals surface area contributed by atoms with Crippen LogP contribution in [-0.4, -0.2) is 24.0 Å². The van der Waals surface area contributed by atoms with Crippen LogP contribution in [0.25, 0.3) is 0 Å². The summed E-state index contributed by atoms with van der Waals surface area (Å²) < 4.78 is 0. The molecule has 0 atom stereocenters. The first kappa shape index (κ1) is 11.9. The van der Waals surface area contributed by atoms with Crippen LogP contribution >= 0.6 is 0 Å². The van der Waals surface area contributed by atoms with E-state index < -0.39 is 0 Å². The molecule has 1 aliphatic rings. The Balaban J connectivity index is 1.99. The van der Waals surface area contributed by atoms with Crippen molar-refractivity contribution in [2.45, 2.75) is 6.54 Å². The minimum atomic E-state index is 0.00394. The number of benzene rings is 1. The molecule has 96 valence electrons. The van der Waals surface area contributed by atoms with Crippen molar-refractivity contribution in [3.63, 3.8) is 0 Å². The molecule has 4 heteroatoms. The van der Waals surface area contributed by atoms with Crippen LogP contribution in [0, 0.1) is 0 Å². The lowest BCUT2D eigenvalue weighted by Gasteiger charge is -2.22. The van der Waals surface area contributed by atoms with Gasteiger partial charge in [0, 0.05) is 37.7 Å². The van der Waals surface area contributed by atoms with Crippen LogP contribution < -0.4 is 10.2 Å². The number of amides is 1. The van der Waals surface area contributed by atoms with Gasteiger partial charge in [0.1, 0.15) is 0 Å². The van der Waals surface area contributed by atoms with Crippen molar-refractivity contribution in [3.8, 4) is 0 Å². The molecule has 0 bridgehead atoms. The fourth-order valence-electron chi connectivity index (χ4n) is 2.31. The van der Waals surface area contributed by atoms with Crippen molar-refractivity contribution in [2.24, 2.45) is 0 Å². The van der Waals surface area contributed by atoms with Gasteiger partial charge in [-0.2, -0.15) is 0 Å². The molecular weight excluding hydrogens is 238 g/mol. The lowest BCUT2D eigenvalue weighted by atomic mass is 10.1. The van der Waals surface area contributed by atoms with Crippen LogP contribution in [0.3, 0.4) is 0 Å². The molecule has 1 amide bonds. The van der Waals surface area contributed by atoms with Crippen LogP contribution in [-0.2, 0) is 6.54 Å². The molecule has 1 aliphatic heterocycles. The van der Waals surface area contributed by atoms with E-state index in [2.05, 4.69) is 16.4 Å². The van der Waals surface area contributed by atoms with Crippen LogP contribution in [0.1, 0.15) is 15.9 Å². The molecule has 0 spiro atoms. The van der Waals surface area contributed by atoms with E-state index in [-0.39, 0.29) is 5.91 Å². The maximum atomic E-state index is 12.6. The third-order valence-electron chi connectivity index (χ3n) is 3.26. The summed E-state index contributed by atoms with van der Waals surface area (Å²) in [6.07, 6.45) is 3.29. The Labute approximate surface area is 112 Å². The second-order valence-electron chi connectivity index (χ2n) is 4.50. The van der Waals surface area contributed by atoms with E-state index in [0.717, 1.165) is 24.3 Å². The molecule has 1 aromatic carbocycles. The van der Waals surface area contributed by atoms with Crippen LogP contribution in [0.4, 0.5) is 5.69 Å². The molecule has 19 heavy (non-hydrogen) atoms. The van der Waals surface area contributed by atoms with Gasteiger partial charge in [-0.1, -0.05) is 18.2 Å². The first-order valence-electron chi connectivity index (χ1n) is 6.37. The topological polar surface area (TPSA) is 45.2 Å². The molecule has 4 nitrogen and oxygen atoms in total. The van der Waals surface area contributed by atoms with E-state index in [0.29, 0.717) is 12.1 Å². The standard InChI is InChI=1S/C15H15N3O/c19-15(13-5-3-7-16-11-13)18-9-8-17-10-12-4-1-2-6-14(12)18/h1-7,11,17H,8-10H2. The van der Waals surface area contributed by atoms with Gasteiger partial charge in [-0.05, 0) is 23.8 Å². The smallest absolute Gasteiger partial charge is 0.259 e. The Kier molecular flexibility index (Phi) is 3.25. The number of nitrogens with zero attached hydrogens (tertiary/aromatic N) is 2. The van der Waals surface area contributed by atoms with Gasteiger partial charge in [0.05, 0.1) is 5.56 Å². The molecule has 0 unspecified atom stereocenters. The third-order valence-corrected chi connectivity index (χ3v) is 3.26. The second-order valence-corrected chi connectivity index (χ2v) is 4.50. The van der Waals surface area contributed by atoms with Crippen LogP contribution in [0.2, 0.25) is 0 Å². The van der Waals surface area contributed by atoms with Gasteiger partial charge in [0.2, 0.25) is 0 Å². The summed E-state index contributed by atoms with van der Waals surface area (Å²) in [7, 11) is 0. The summed E-state index contributed by atoms with van der Waals surface area (Å²) in [6.45, 7) is 2.26. The quantitative estimate of drug-likeness (QED) is 0.843. The fourth-order valence-corrected chi connectivity index (χ4v) is 2.31. The van der Waals surface area contributed by atoms with Gasteiger partial charge >= 0.3 is 0 Å². The summed E-state index contributed by atoms with van der Waals surface area (Å²) in [4.78, 5) is 18.4. The third kappa shape index (κ3) is 2.35. The van der Waals surface area contributed by atoms with Crippen LogP contribution in [0.15, 0.2) is 48.8 Å². The molecule has 0 fully saturated rings. The van der Waals surface area contributed by atoms with Crippen LogP contribution in [0.5, 0.6) is 0 Å². The maximum Gasteiger partial charge on any atom is 0.259 e. The largest absolute Gasteiger partial charge is 0.311 e. The number of carbonyl (C=O) groups is 1. The maximum absolute atomic E-state index is 12.6. The van der Waals surface area contributed by atoms with Crippen molar-refractivity contribution in [1.29, 1.82) is 0 Å². The highest BCUT2D eigenvalue weighted by atomic mass is 16.2. The Morgan fingerprint density at radius 1 is 1.21 bits per heavy atom. The number of para-hydroxylation sites is 1. The first-order valence-corrected chi connectivity index (χ1v) is 6.37. The number of rotatable bonds is 1. The highest BCUT2D eigenvalue weighted by molar-refractivity contribution is 6.06. The number of aromatic nitrogens is 1. The molecule has 0 aliphatic carbocycles. The Morgan fingerprint density at radius 2 is 2.11 bits per heavy atom. The average Bonchev–Trinajstić information content (AvgIpc) is 2.70. The zero-order valence-electron chi connectivity index (χ0n) is 10.5. The van der Waals surface area contributed by atoms with E-state index in [1.165, 1.54) is 0 Å². The monoisotopic (exact) mass is 253 g/mol. The molecule has 2 heterocycles. The molecule has 2 aromatic rings. The summed E-state index contributed by atoms with van der Waals surface area (Å²) >= 11 is 0. The average molecular weight is 253 g/mol. The Hall–Kier alpha value is -2.20. The molecule has 0 saturated carbocycles. The zero-order chi connectivity index (χ0) is 13.1. The summed E-state index contributed by atoms with van der Waals surface area (Å²) in [5.41, 5.74) is 2.76. The predicted molar refractivity (Wildman–Crippen MR) is 74.1 cm³/mol. The SMILES string of the molecule is O=C(c1cccnc1)N1CCNCc2ccccc21. The highest BCUT2D eigenvalue weighted by Gasteiger charge is 2.21. The van der Waals surface area contributed by atoms with Gasteiger partial charge in [-0.15, -0.1) is 0 Å².